The average molecular weight is 430 g/mol. The first-order valence-corrected chi connectivity index (χ1v) is 10.4. The Hall–Kier alpha value is -2.84. The molecular formula is C21H24ClN5O3. The van der Waals surface area contributed by atoms with E-state index in [-0.39, 0.29) is 18.2 Å². The van der Waals surface area contributed by atoms with E-state index in [0.717, 1.165) is 31.7 Å². The first kappa shape index (κ1) is 20.4. The summed E-state index contributed by atoms with van der Waals surface area (Å²) in [6, 6.07) is 12.9. The molecule has 1 saturated heterocycles. The summed E-state index contributed by atoms with van der Waals surface area (Å²) in [6.07, 6.45) is 2.54. The predicted octanol–water partition coefficient (Wildman–Crippen LogP) is 2.20. The van der Waals surface area contributed by atoms with Gasteiger partial charge in [-0.15, -0.1) is 5.10 Å². The molecule has 8 nitrogen and oxygen atoms in total. The van der Waals surface area contributed by atoms with Crippen LogP contribution in [0.15, 0.2) is 53.5 Å². The van der Waals surface area contributed by atoms with Gasteiger partial charge in [-0.2, -0.15) is 0 Å². The van der Waals surface area contributed by atoms with Gasteiger partial charge in [-0.25, -0.2) is 9.48 Å². The quantitative estimate of drug-likeness (QED) is 0.620. The summed E-state index contributed by atoms with van der Waals surface area (Å²) in [5.74, 6) is -0.815. The van der Waals surface area contributed by atoms with E-state index >= 15 is 0 Å². The van der Waals surface area contributed by atoms with Gasteiger partial charge >= 0.3 is 11.7 Å². The Morgan fingerprint density at radius 3 is 2.80 bits per heavy atom. The molecule has 3 aromatic rings. The van der Waals surface area contributed by atoms with Gasteiger partial charge in [0.15, 0.2) is 5.65 Å². The molecule has 1 aromatic carbocycles. The number of nitrogens with zero attached hydrogens (tertiary/aromatic N) is 5. The lowest BCUT2D eigenvalue weighted by molar-refractivity contribution is -0.137. The molecular weight excluding hydrogens is 406 g/mol. The number of halogens is 1. The van der Waals surface area contributed by atoms with Gasteiger partial charge in [0.05, 0.1) is 12.5 Å². The van der Waals surface area contributed by atoms with Crippen LogP contribution in [-0.4, -0.2) is 62.4 Å². The van der Waals surface area contributed by atoms with Gasteiger partial charge in [0, 0.05) is 49.6 Å². The van der Waals surface area contributed by atoms with Crippen molar-refractivity contribution in [2.45, 2.75) is 25.4 Å². The molecule has 9 heteroatoms. The Balaban J connectivity index is 1.39. The zero-order valence-electron chi connectivity index (χ0n) is 16.5. The Labute approximate surface area is 178 Å². The molecule has 0 aliphatic carbocycles. The van der Waals surface area contributed by atoms with Gasteiger partial charge in [0.1, 0.15) is 0 Å². The standard InChI is InChI=1S/C21H24ClN5O3/c22-16-5-3-6-17(13-16)25-12-11-24(15-18(25)14-20(28)29)8-4-10-27-21(30)26-9-2-1-7-19(26)23-27/h1-3,5-7,9,13,18H,4,8,10-12,14-15H2,(H,28,29). The van der Waals surface area contributed by atoms with Gasteiger partial charge in [0.25, 0.3) is 0 Å². The number of rotatable bonds is 7. The molecule has 1 unspecified atom stereocenters. The second-order valence-electron chi connectivity index (χ2n) is 7.51. The number of aliphatic carboxylic acids is 1. The number of hydrogen-bond acceptors (Lipinski definition) is 5. The zero-order valence-corrected chi connectivity index (χ0v) is 17.3. The SMILES string of the molecule is O=C(O)CC1CN(CCCn2nc3ccccn3c2=O)CCN1c1cccc(Cl)c1. The molecule has 1 atom stereocenters. The molecule has 1 fully saturated rings. The topological polar surface area (TPSA) is 83.1 Å². The van der Waals surface area contributed by atoms with E-state index in [1.807, 2.05) is 42.5 Å². The lowest BCUT2D eigenvalue weighted by Crippen LogP contribution is -2.54. The molecule has 1 N–H and O–H groups in total. The highest BCUT2D eigenvalue weighted by atomic mass is 35.5. The fourth-order valence-electron chi connectivity index (χ4n) is 4.05. The summed E-state index contributed by atoms with van der Waals surface area (Å²) in [4.78, 5) is 28.2. The molecule has 0 amide bonds. The summed E-state index contributed by atoms with van der Waals surface area (Å²) in [7, 11) is 0. The van der Waals surface area contributed by atoms with Crippen LogP contribution in [0.25, 0.3) is 5.65 Å². The first-order chi connectivity index (χ1) is 14.5. The Morgan fingerprint density at radius 1 is 1.17 bits per heavy atom. The van der Waals surface area contributed by atoms with E-state index in [1.165, 1.54) is 9.08 Å². The molecule has 1 aliphatic heterocycles. The normalized spacial score (nSPS) is 17.5. The van der Waals surface area contributed by atoms with Crippen LogP contribution in [0.5, 0.6) is 0 Å². The number of fused-ring (bicyclic) bond motifs is 1. The van der Waals surface area contributed by atoms with Gasteiger partial charge in [-0.05, 0) is 36.8 Å². The second kappa shape index (κ2) is 8.89. The zero-order chi connectivity index (χ0) is 21.1. The van der Waals surface area contributed by atoms with Crippen molar-refractivity contribution in [3.63, 3.8) is 0 Å². The van der Waals surface area contributed by atoms with Crippen LogP contribution < -0.4 is 10.6 Å². The lowest BCUT2D eigenvalue weighted by atomic mass is 10.1. The molecule has 30 heavy (non-hydrogen) atoms. The fraction of sp³-hybridized carbons (Fsp3) is 0.381. The number of carboxylic acids is 1. The Bertz CT molecular complexity index is 1100. The molecule has 0 spiro atoms. The minimum atomic E-state index is -0.815. The van der Waals surface area contributed by atoms with Crippen molar-refractivity contribution >= 4 is 28.9 Å². The monoisotopic (exact) mass is 429 g/mol. The van der Waals surface area contributed by atoms with E-state index < -0.39 is 5.97 Å². The first-order valence-electron chi connectivity index (χ1n) is 10.0. The van der Waals surface area contributed by atoms with Crippen molar-refractivity contribution in [1.82, 2.24) is 19.1 Å². The summed E-state index contributed by atoms with van der Waals surface area (Å²) in [5.41, 5.74) is 1.45. The molecule has 0 bridgehead atoms. The van der Waals surface area contributed by atoms with E-state index in [2.05, 4.69) is 14.9 Å². The maximum atomic E-state index is 12.4. The summed E-state index contributed by atoms with van der Waals surface area (Å²) in [5, 5.41) is 14.4. The number of anilines is 1. The number of benzene rings is 1. The summed E-state index contributed by atoms with van der Waals surface area (Å²) >= 11 is 6.13. The number of carboxylic acid groups (broad SMARTS) is 1. The van der Waals surface area contributed by atoms with Crippen LogP contribution in [0.2, 0.25) is 5.02 Å². The number of pyridine rings is 1. The lowest BCUT2D eigenvalue weighted by Gasteiger charge is -2.42. The van der Waals surface area contributed by atoms with Crippen molar-refractivity contribution in [3.8, 4) is 0 Å². The van der Waals surface area contributed by atoms with Crippen LogP contribution in [0.3, 0.4) is 0 Å². The third kappa shape index (κ3) is 4.49. The van der Waals surface area contributed by atoms with Crippen LogP contribution in [0, 0.1) is 0 Å². The number of carbonyl (C=O) groups is 1. The maximum absolute atomic E-state index is 12.4. The Morgan fingerprint density at radius 2 is 2.03 bits per heavy atom. The average Bonchev–Trinajstić information content (AvgIpc) is 3.04. The predicted molar refractivity (Wildman–Crippen MR) is 115 cm³/mol. The van der Waals surface area contributed by atoms with E-state index in [0.29, 0.717) is 23.8 Å². The molecule has 1 aliphatic rings. The number of piperazine rings is 1. The largest absolute Gasteiger partial charge is 0.481 e. The molecule has 4 rings (SSSR count). The van der Waals surface area contributed by atoms with Crippen molar-refractivity contribution in [2.75, 3.05) is 31.1 Å². The minimum absolute atomic E-state index is 0.0644. The molecule has 2 aromatic heterocycles. The van der Waals surface area contributed by atoms with Gasteiger partial charge in [-0.3, -0.25) is 14.1 Å². The van der Waals surface area contributed by atoms with Crippen molar-refractivity contribution in [3.05, 3.63) is 64.2 Å². The van der Waals surface area contributed by atoms with Crippen molar-refractivity contribution in [1.29, 1.82) is 0 Å². The van der Waals surface area contributed by atoms with Crippen molar-refractivity contribution < 1.29 is 9.90 Å². The number of hydrogen-bond donors (Lipinski definition) is 1. The van der Waals surface area contributed by atoms with Crippen LogP contribution in [0.1, 0.15) is 12.8 Å². The summed E-state index contributed by atoms with van der Waals surface area (Å²) < 4.78 is 3.03. The molecule has 3 heterocycles. The van der Waals surface area contributed by atoms with Crippen molar-refractivity contribution in [2.24, 2.45) is 0 Å². The Kier molecular flexibility index (Phi) is 6.06. The van der Waals surface area contributed by atoms with E-state index in [4.69, 9.17) is 11.6 Å². The van der Waals surface area contributed by atoms with E-state index in [9.17, 15) is 14.7 Å². The van der Waals surface area contributed by atoms with Crippen LogP contribution in [-0.2, 0) is 11.3 Å². The van der Waals surface area contributed by atoms with Gasteiger partial charge in [-0.1, -0.05) is 23.7 Å². The highest BCUT2D eigenvalue weighted by molar-refractivity contribution is 6.30. The van der Waals surface area contributed by atoms with Crippen LogP contribution in [0.4, 0.5) is 5.69 Å². The van der Waals surface area contributed by atoms with Gasteiger partial charge < -0.3 is 10.0 Å². The molecule has 0 radical (unpaired) electrons. The smallest absolute Gasteiger partial charge is 0.350 e. The highest BCUT2D eigenvalue weighted by Crippen LogP contribution is 2.25. The second-order valence-corrected chi connectivity index (χ2v) is 7.95. The van der Waals surface area contributed by atoms with Gasteiger partial charge in [0.2, 0.25) is 0 Å². The molecule has 0 saturated carbocycles. The number of aryl methyl sites for hydroxylation is 1. The highest BCUT2D eigenvalue weighted by Gasteiger charge is 2.29. The molecule has 158 valence electrons. The maximum Gasteiger partial charge on any atom is 0.350 e. The number of aromatic nitrogens is 3. The summed E-state index contributed by atoms with van der Waals surface area (Å²) in [6.45, 7) is 3.51. The third-order valence-electron chi connectivity index (χ3n) is 5.45. The fourth-order valence-corrected chi connectivity index (χ4v) is 4.24. The van der Waals surface area contributed by atoms with E-state index in [1.54, 1.807) is 6.20 Å². The van der Waals surface area contributed by atoms with Crippen LogP contribution >= 0.6 is 11.6 Å². The minimum Gasteiger partial charge on any atom is -0.481 e. The third-order valence-corrected chi connectivity index (χ3v) is 5.68.